The van der Waals surface area contributed by atoms with Crippen LogP contribution in [0.5, 0.6) is 0 Å². The molecule has 0 radical (unpaired) electrons. The third-order valence-electron chi connectivity index (χ3n) is 3.23. The third-order valence-corrected chi connectivity index (χ3v) is 3.23. The van der Waals surface area contributed by atoms with E-state index >= 15 is 0 Å². The topological polar surface area (TPSA) is 80.2 Å². The first-order chi connectivity index (χ1) is 11.8. The summed E-state index contributed by atoms with van der Waals surface area (Å²) >= 11 is 0. The minimum Gasteiger partial charge on any atom is -0.346 e. The Hall–Kier alpha value is -3.47. The molecular weight excluding hydrogens is 332 g/mol. The fraction of sp³-hybridized carbons (Fsp3) is 0.118. The molecule has 0 spiro atoms. The third kappa shape index (κ3) is 4.09. The van der Waals surface area contributed by atoms with Crippen molar-refractivity contribution in [2.75, 3.05) is 11.9 Å². The van der Waals surface area contributed by atoms with Crippen LogP contribution in [0.25, 0.3) is 0 Å². The van der Waals surface area contributed by atoms with Crippen molar-refractivity contribution in [2.24, 2.45) is 7.05 Å². The van der Waals surface area contributed by atoms with Crippen molar-refractivity contribution in [3.8, 4) is 12.3 Å². The molecule has 0 atom stereocenters. The minimum atomic E-state index is -1.11. The first-order valence-corrected chi connectivity index (χ1v) is 7.02. The van der Waals surface area contributed by atoms with E-state index in [-0.39, 0.29) is 23.5 Å². The van der Waals surface area contributed by atoms with Gasteiger partial charge in [0.05, 0.1) is 6.54 Å². The second kappa shape index (κ2) is 7.40. The highest BCUT2D eigenvalue weighted by Gasteiger charge is 2.21. The number of carbonyl (C=O) groups is 3. The first-order valence-electron chi connectivity index (χ1n) is 7.02. The first kappa shape index (κ1) is 17.9. The van der Waals surface area contributed by atoms with Gasteiger partial charge in [-0.1, -0.05) is 5.92 Å². The number of carbonyl (C=O) groups excluding carboxylic acids is 3. The van der Waals surface area contributed by atoms with Crippen molar-refractivity contribution in [3.63, 3.8) is 0 Å². The van der Waals surface area contributed by atoms with Gasteiger partial charge in [0.2, 0.25) is 0 Å². The number of nitrogens with one attached hydrogen (secondary N) is 2. The number of anilines is 1. The molecule has 8 heteroatoms. The Labute approximate surface area is 141 Å². The van der Waals surface area contributed by atoms with Crippen LogP contribution in [-0.4, -0.2) is 28.7 Å². The Bertz CT molecular complexity index is 897. The SMILES string of the molecule is C#CCNC(=O)C(=O)c1cc(C(=O)Nc2ccc(F)c(F)c2)n(C)c1. The molecule has 6 nitrogen and oxygen atoms in total. The zero-order chi connectivity index (χ0) is 18.6. The van der Waals surface area contributed by atoms with Crippen molar-refractivity contribution in [1.29, 1.82) is 0 Å². The molecule has 0 bridgehead atoms. The van der Waals surface area contributed by atoms with Crippen LogP contribution in [0.1, 0.15) is 20.8 Å². The number of hydrogen-bond donors (Lipinski definition) is 2. The molecule has 0 saturated carbocycles. The van der Waals surface area contributed by atoms with Gasteiger partial charge >= 0.3 is 0 Å². The number of terminal acetylenes is 1. The predicted octanol–water partition coefficient (Wildman–Crippen LogP) is 1.49. The van der Waals surface area contributed by atoms with Crippen LogP contribution < -0.4 is 10.6 Å². The van der Waals surface area contributed by atoms with E-state index in [1.165, 1.54) is 29.9 Å². The molecule has 0 unspecified atom stereocenters. The van der Waals surface area contributed by atoms with Gasteiger partial charge in [-0.2, -0.15) is 0 Å². The number of aryl methyl sites for hydroxylation is 1. The van der Waals surface area contributed by atoms with E-state index in [4.69, 9.17) is 6.42 Å². The number of ketones is 1. The molecule has 25 heavy (non-hydrogen) atoms. The predicted molar refractivity (Wildman–Crippen MR) is 85.9 cm³/mol. The van der Waals surface area contributed by atoms with Crippen molar-refractivity contribution in [1.82, 2.24) is 9.88 Å². The summed E-state index contributed by atoms with van der Waals surface area (Å²) in [6, 6.07) is 4.11. The number of nitrogens with zero attached hydrogens (tertiary/aromatic N) is 1. The quantitative estimate of drug-likeness (QED) is 0.489. The lowest BCUT2D eigenvalue weighted by molar-refractivity contribution is -0.116. The largest absolute Gasteiger partial charge is 0.346 e. The van der Waals surface area contributed by atoms with Crippen molar-refractivity contribution < 1.29 is 23.2 Å². The van der Waals surface area contributed by atoms with Gasteiger partial charge in [0, 0.05) is 30.6 Å². The smallest absolute Gasteiger partial charge is 0.293 e. The number of Topliss-reactive ketones (excluding diaryl/α,β-unsaturated/α-hetero) is 1. The monoisotopic (exact) mass is 345 g/mol. The van der Waals surface area contributed by atoms with E-state index in [0.29, 0.717) is 0 Å². The Morgan fingerprint density at radius 3 is 2.56 bits per heavy atom. The van der Waals surface area contributed by atoms with Gasteiger partial charge in [-0.3, -0.25) is 14.4 Å². The fourth-order valence-electron chi connectivity index (χ4n) is 2.03. The van der Waals surface area contributed by atoms with Crippen molar-refractivity contribution in [2.45, 2.75) is 0 Å². The molecule has 2 aromatic rings. The van der Waals surface area contributed by atoms with Crippen LogP contribution in [0.2, 0.25) is 0 Å². The Kier molecular flexibility index (Phi) is 5.29. The molecule has 0 aliphatic rings. The number of halogens is 2. The van der Waals surface area contributed by atoms with Gasteiger partial charge < -0.3 is 15.2 Å². The van der Waals surface area contributed by atoms with E-state index in [1.54, 1.807) is 0 Å². The lowest BCUT2D eigenvalue weighted by Gasteiger charge is -2.06. The zero-order valence-corrected chi connectivity index (χ0v) is 13.1. The molecule has 2 amide bonds. The summed E-state index contributed by atoms with van der Waals surface area (Å²) in [4.78, 5) is 35.8. The summed E-state index contributed by atoms with van der Waals surface area (Å²) in [6.45, 7) is -0.0963. The van der Waals surface area contributed by atoms with Gasteiger partial charge in [0.1, 0.15) is 5.69 Å². The molecular formula is C17H13F2N3O3. The molecule has 1 aromatic heterocycles. The molecule has 0 saturated heterocycles. The van der Waals surface area contributed by atoms with Gasteiger partial charge in [0.15, 0.2) is 11.6 Å². The molecule has 1 aromatic carbocycles. The number of benzene rings is 1. The maximum Gasteiger partial charge on any atom is 0.293 e. The van der Waals surface area contributed by atoms with Crippen molar-refractivity contribution >= 4 is 23.3 Å². The molecule has 2 rings (SSSR count). The van der Waals surface area contributed by atoms with E-state index in [9.17, 15) is 23.2 Å². The van der Waals surface area contributed by atoms with Gasteiger partial charge in [-0.05, 0) is 18.2 Å². The second-order valence-electron chi connectivity index (χ2n) is 5.02. The number of aromatic nitrogens is 1. The van der Waals surface area contributed by atoms with Crippen molar-refractivity contribution in [3.05, 3.63) is 53.4 Å². The van der Waals surface area contributed by atoms with E-state index < -0.39 is 29.2 Å². The lowest BCUT2D eigenvalue weighted by Crippen LogP contribution is -2.31. The highest BCUT2D eigenvalue weighted by atomic mass is 19.2. The van der Waals surface area contributed by atoms with Crippen LogP contribution in [0, 0.1) is 24.0 Å². The van der Waals surface area contributed by atoms with Gasteiger partial charge in [-0.15, -0.1) is 6.42 Å². The van der Waals surface area contributed by atoms with Crippen LogP contribution in [0.15, 0.2) is 30.5 Å². The summed E-state index contributed by atoms with van der Waals surface area (Å²) in [5.74, 6) is -2.38. The molecule has 128 valence electrons. The number of amides is 2. The second-order valence-corrected chi connectivity index (χ2v) is 5.02. The maximum absolute atomic E-state index is 13.2. The molecule has 1 heterocycles. The normalized spacial score (nSPS) is 10.0. The standard InChI is InChI=1S/C17H13F2N3O3/c1-3-6-20-17(25)15(23)10-7-14(22(2)9-10)16(24)21-11-4-5-12(18)13(19)8-11/h1,4-5,7-9H,6H2,2H3,(H,20,25)(H,21,24). The van der Waals surface area contributed by atoms with Crippen LogP contribution in [0.3, 0.4) is 0 Å². The van der Waals surface area contributed by atoms with E-state index in [1.807, 2.05) is 0 Å². The molecule has 0 aliphatic heterocycles. The summed E-state index contributed by atoms with van der Waals surface area (Å²) in [5, 5.41) is 4.61. The molecule has 2 N–H and O–H groups in total. The average molecular weight is 345 g/mol. The van der Waals surface area contributed by atoms with Gasteiger partial charge in [0.25, 0.3) is 17.6 Å². The highest BCUT2D eigenvalue weighted by Crippen LogP contribution is 2.15. The van der Waals surface area contributed by atoms with Crippen LogP contribution in [0.4, 0.5) is 14.5 Å². The Morgan fingerprint density at radius 2 is 1.92 bits per heavy atom. The summed E-state index contributed by atoms with van der Waals surface area (Å²) < 4.78 is 27.4. The highest BCUT2D eigenvalue weighted by molar-refractivity contribution is 6.43. The number of hydrogen-bond acceptors (Lipinski definition) is 3. The average Bonchev–Trinajstić information content (AvgIpc) is 2.97. The van der Waals surface area contributed by atoms with Crippen LogP contribution >= 0.6 is 0 Å². The van der Waals surface area contributed by atoms with E-state index in [2.05, 4.69) is 16.6 Å². The molecule has 0 fully saturated rings. The Morgan fingerprint density at radius 1 is 1.20 bits per heavy atom. The minimum absolute atomic E-state index is 0.00698. The number of rotatable bonds is 5. The Balaban J connectivity index is 2.17. The van der Waals surface area contributed by atoms with Crippen LogP contribution in [-0.2, 0) is 11.8 Å². The summed E-state index contributed by atoms with van der Waals surface area (Å²) in [7, 11) is 1.50. The lowest BCUT2D eigenvalue weighted by atomic mass is 10.2. The molecule has 0 aliphatic carbocycles. The maximum atomic E-state index is 13.2. The van der Waals surface area contributed by atoms with E-state index in [0.717, 1.165) is 12.1 Å². The summed E-state index contributed by atoms with van der Waals surface area (Å²) in [5.41, 5.74) is 0.0926. The fourth-order valence-corrected chi connectivity index (χ4v) is 2.03. The van der Waals surface area contributed by atoms with Gasteiger partial charge in [-0.25, -0.2) is 8.78 Å². The summed E-state index contributed by atoms with van der Waals surface area (Å²) in [6.07, 6.45) is 6.30. The zero-order valence-electron chi connectivity index (χ0n) is 13.1.